The maximum absolute atomic E-state index is 12.0. The topological polar surface area (TPSA) is 52.3 Å². The third-order valence-electron chi connectivity index (χ3n) is 4.55. The summed E-state index contributed by atoms with van der Waals surface area (Å²) in [6, 6.07) is 29.9. The minimum Gasteiger partial charge on any atom is -0.367 e. The Bertz CT molecular complexity index is 735. The van der Waals surface area contributed by atoms with Gasteiger partial charge in [0.25, 0.3) is 0 Å². The molecule has 2 N–H and O–H groups in total. The molecule has 1 unspecified atom stereocenters. The summed E-state index contributed by atoms with van der Waals surface area (Å²) >= 11 is 0. The molecule has 3 aromatic rings. The van der Waals surface area contributed by atoms with Crippen LogP contribution in [0.25, 0.3) is 0 Å². The summed E-state index contributed by atoms with van der Waals surface area (Å²) in [7, 11) is 0. The van der Waals surface area contributed by atoms with Gasteiger partial charge in [0.15, 0.2) is 0 Å². The largest absolute Gasteiger partial charge is 0.367 e. The van der Waals surface area contributed by atoms with E-state index in [0.717, 1.165) is 16.7 Å². The SMILES string of the molecule is CCC(OC(c1ccccc1)(c1ccccc1)c1ccccc1)C(N)=O. The molecule has 1 atom stereocenters. The van der Waals surface area contributed by atoms with Crippen molar-refractivity contribution in [3.05, 3.63) is 108 Å². The number of hydrogen-bond donors (Lipinski definition) is 1. The molecule has 3 nitrogen and oxygen atoms in total. The van der Waals surface area contributed by atoms with E-state index >= 15 is 0 Å². The van der Waals surface area contributed by atoms with Crippen LogP contribution in [0.4, 0.5) is 0 Å². The highest BCUT2D eigenvalue weighted by atomic mass is 16.5. The molecule has 26 heavy (non-hydrogen) atoms. The van der Waals surface area contributed by atoms with E-state index in [-0.39, 0.29) is 0 Å². The van der Waals surface area contributed by atoms with Crippen LogP contribution >= 0.6 is 0 Å². The van der Waals surface area contributed by atoms with E-state index in [1.807, 2.05) is 97.9 Å². The van der Waals surface area contributed by atoms with Crippen LogP contribution in [0.15, 0.2) is 91.0 Å². The fraction of sp³-hybridized carbons (Fsp3) is 0.174. The fourth-order valence-electron chi connectivity index (χ4n) is 3.28. The zero-order valence-corrected chi connectivity index (χ0v) is 14.8. The molecule has 1 amide bonds. The Morgan fingerprint density at radius 1 is 0.808 bits per heavy atom. The standard InChI is InChI=1S/C23H23NO2/c1-2-21(22(24)25)26-23(18-12-6-3-7-13-18,19-14-8-4-9-15-19)20-16-10-5-11-17-20/h3-17,21H,2H2,1H3,(H2,24,25). The van der Waals surface area contributed by atoms with Crippen LogP contribution in [0.5, 0.6) is 0 Å². The molecule has 0 aliphatic heterocycles. The van der Waals surface area contributed by atoms with E-state index in [2.05, 4.69) is 0 Å². The number of rotatable bonds is 7. The van der Waals surface area contributed by atoms with Gasteiger partial charge in [0, 0.05) is 0 Å². The summed E-state index contributed by atoms with van der Waals surface area (Å²) in [5.41, 5.74) is 7.57. The first-order chi connectivity index (χ1) is 12.7. The van der Waals surface area contributed by atoms with E-state index in [4.69, 9.17) is 10.5 Å². The number of carbonyl (C=O) groups is 1. The van der Waals surface area contributed by atoms with E-state index in [9.17, 15) is 4.79 Å². The Kier molecular flexibility index (Phi) is 5.49. The predicted molar refractivity (Wildman–Crippen MR) is 104 cm³/mol. The molecule has 0 heterocycles. The molecule has 3 rings (SSSR count). The average molecular weight is 345 g/mol. The van der Waals surface area contributed by atoms with Crippen molar-refractivity contribution in [2.24, 2.45) is 5.73 Å². The molecule has 0 aromatic heterocycles. The van der Waals surface area contributed by atoms with E-state index in [1.54, 1.807) is 0 Å². The predicted octanol–water partition coefficient (Wildman–Crippen LogP) is 4.26. The maximum atomic E-state index is 12.0. The van der Waals surface area contributed by atoms with Gasteiger partial charge in [-0.15, -0.1) is 0 Å². The lowest BCUT2D eigenvalue weighted by atomic mass is 9.80. The van der Waals surface area contributed by atoms with Crippen LogP contribution in [-0.4, -0.2) is 12.0 Å². The van der Waals surface area contributed by atoms with Crippen molar-refractivity contribution in [3.63, 3.8) is 0 Å². The number of benzene rings is 3. The zero-order chi connectivity index (χ0) is 18.4. The van der Waals surface area contributed by atoms with Gasteiger partial charge in [-0.1, -0.05) is 97.9 Å². The van der Waals surface area contributed by atoms with Crippen molar-refractivity contribution in [1.82, 2.24) is 0 Å². The monoisotopic (exact) mass is 345 g/mol. The highest BCUT2D eigenvalue weighted by Crippen LogP contribution is 2.41. The van der Waals surface area contributed by atoms with E-state index < -0.39 is 17.6 Å². The first-order valence-electron chi connectivity index (χ1n) is 8.82. The summed E-state index contributed by atoms with van der Waals surface area (Å²) in [5, 5.41) is 0. The summed E-state index contributed by atoms with van der Waals surface area (Å²) in [5.74, 6) is -0.459. The van der Waals surface area contributed by atoms with Crippen LogP contribution in [0.1, 0.15) is 30.0 Å². The van der Waals surface area contributed by atoms with E-state index in [1.165, 1.54) is 0 Å². The normalized spacial score (nSPS) is 12.5. The van der Waals surface area contributed by atoms with Crippen LogP contribution in [0, 0.1) is 0 Å². The summed E-state index contributed by atoms with van der Waals surface area (Å²) in [6.45, 7) is 1.90. The fourth-order valence-corrected chi connectivity index (χ4v) is 3.28. The number of hydrogen-bond acceptors (Lipinski definition) is 2. The second kappa shape index (κ2) is 7.98. The Balaban J connectivity index is 2.29. The molecule has 0 bridgehead atoms. The molecule has 0 spiro atoms. The molecule has 0 saturated carbocycles. The van der Waals surface area contributed by atoms with Gasteiger partial charge in [0.2, 0.25) is 5.91 Å². The van der Waals surface area contributed by atoms with Gasteiger partial charge >= 0.3 is 0 Å². The minimum atomic E-state index is -0.917. The second-order valence-electron chi connectivity index (χ2n) is 6.20. The number of carbonyl (C=O) groups excluding carboxylic acids is 1. The second-order valence-corrected chi connectivity index (χ2v) is 6.20. The van der Waals surface area contributed by atoms with Crippen molar-refractivity contribution in [2.75, 3.05) is 0 Å². The van der Waals surface area contributed by atoms with Crippen molar-refractivity contribution < 1.29 is 9.53 Å². The van der Waals surface area contributed by atoms with Gasteiger partial charge in [-0.2, -0.15) is 0 Å². The minimum absolute atomic E-state index is 0.459. The van der Waals surface area contributed by atoms with Gasteiger partial charge in [0.1, 0.15) is 11.7 Å². The van der Waals surface area contributed by atoms with Gasteiger partial charge in [-0.05, 0) is 23.1 Å². The lowest BCUT2D eigenvalue weighted by Crippen LogP contribution is -2.42. The molecule has 132 valence electrons. The lowest BCUT2D eigenvalue weighted by molar-refractivity contribution is -0.137. The molecule has 0 saturated heterocycles. The lowest BCUT2D eigenvalue weighted by Gasteiger charge is -2.38. The van der Waals surface area contributed by atoms with Gasteiger partial charge in [-0.25, -0.2) is 0 Å². The molecule has 0 radical (unpaired) electrons. The Morgan fingerprint density at radius 3 is 1.42 bits per heavy atom. The Morgan fingerprint density at radius 2 is 1.15 bits per heavy atom. The Labute approximate surface area is 154 Å². The number of primary amides is 1. The zero-order valence-electron chi connectivity index (χ0n) is 14.8. The summed E-state index contributed by atoms with van der Waals surface area (Å²) < 4.78 is 6.53. The first kappa shape index (κ1) is 17.9. The van der Waals surface area contributed by atoms with E-state index in [0.29, 0.717) is 6.42 Å². The van der Waals surface area contributed by atoms with Crippen molar-refractivity contribution >= 4 is 5.91 Å². The smallest absolute Gasteiger partial charge is 0.246 e. The summed E-state index contributed by atoms with van der Waals surface area (Å²) in [4.78, 5) is 12.0. The third-order valence-corrected chi connectivity index (χ3v) is 4.55. The highest BCUT2D eigenvalue weighted by Gasteiger charge is 2.40. The maximum Gasteiger partial charge on any atom is 0.246 e. The van der Waals surface area contributed by atoms with Crippen LogP contribution in [-0.2, 0) is 15.1 Å². The van der Waals surface area contributed by atoms with Gasteiger partial charge in [-0.3, -0.25) is 4.79 Å². The molecule has 0 aliphatic carbocycles. The van der Waals surface area contributed by atoms with Crippen LogP contribution in [0.2, 0.25) is 0 Å². The summed E-state index contributed by atoms with van der Waals surface area (Å²) in [6.07, 6.45) is -0.195. The van der Waals surface area contributed by atoms with Crippen molar-refractivity contribution in [3.8, 4) is 0 Å². The number of ether oxygens (including phenoxy) is 1. The first-order valence-corrected chi connectivity index (χ1v) is 8.82. The number of amides is 1. The van der Waals surface area contributed by atoms with Crippen molar-refractivity contribution in [2.45, 2.75) is 25.0 Å². The highest BCUT2D eigenvalue weighted by molar-refractivity contribution is 5.79. The van der Waals surface area contributed by atoms with Gasteiger partial charge < -0.3 is 10.5 Å². The average Bonchev–Trinajstić information content (AvgIpc) is 2.71. The molecule has 3 aromatic carbocycles. The molecule has 0 fully saturated rings. The molecule has 0 aliphatic rings. The molecular formula is C23H23NO2. The quantitative estimate of drug-likeness (QED) is 0.651. The molecular weight excluding hydrogens is 322 g/mol. The van der Waals surface area contributed by atoms with Crippen LogP contribution in [0.3, 0.4) is 0 Å². The van der Waals surface area contributed by atoms with Crippen molar-refractivity contribution in [1.29, 1.82) is 0 Å². The van der Waals surface area contributed by atoms with Gasteiger partial charge in [0.05, 0.1) is 0 Å². The van der Waals surface area contributed by atoms with Crippen LogP contribution < -0.4 is 5.73 Å². The molecule has 3 heteroatoms. The third kappa shape index (κ3) is 3.39. The number of nitrogens with two attached hydrogens (primary N) is 1. The Hall–Kier alpha value is -2.91.